The maximum Gasteiger partial charge on any atom is 0.126 e. The second-order valence-corrected chi connectivity index (χ2v) is 6.96. The summed E-state index contributed by atoms with van der Waals surface area (Å²) in [6.07, 6.45) is 4.79. The second-order valence-electron chi connectivity index (χ2n) is 6.04. The molecule has 0 unspecified atom stereocenters. The van der Waals surface area contributed by atoms with Crippen LogP contribution < -0.4 is 4.74 Å². The minimum Gasteiger partial charge on any atom is -0.490 e. The van der Waals surface area contributed by atoms with Gasteiger partial charge in [-0.2, -0.15) is 0 Å². The summed E-state index contributed by atoms with van der Waals surface area (Å²) in [5, 5.41) is 1.99. The molecule has 1 nitrogen and oxygen atoms in total. The molecule has 0 aromatic heterocycles. The van der Waals surface area contributed by atoms with Gasteiger partial charge in [-0.3, -0.25) is 0 Å². The maximum absolute atomic E-state index is 13.5. The van der Waals surface area contributed by atoms with Crippen LogP contribution >= 0.6 is 15.9 Å². The molecule has 0 N–H and O–H groups in total. The number of halogens is 2. The van der Waals surface area contributed by atoms with E-state index in [-0.39, 0.29) is 6.10 Å². The highest BCUT2D eigenvalue weighted by molar-refractivity contribution is 9.10. The Morgan fingerprint density at radius 1 is 1.14 bits per heavy atom. The standard InChI is InChI=1S/C18H20BrFO/c1-12-2-6-15(7-3-12)21-18-9-4-13-10-14(19)5-8-16(13)17(18)11-20/h4-5,8-10,12,15H,2-3,6-7,11H2,1H3/t12-,15+. The smallest absolute Gasteiger partial charge is 0.126 e. The molecule has 0 saturated heterocycles. The summed E-state index contributed by atoms with van der Waals surface area (Å²) in [5.41, 5.74) is 0.679. The molecule has 1 saturated carbocycles. The Hall–Kier alpha value is -1.09. The molecule has 3 rings (SSSR count). The molecule has 112 valence electrons. The van der Waals surface area contributed by atoms with Crippen LogP contribution in [-0.2, 0) is 6.67 Å². The van der Waals surface area contributed by atoms with E-state index in [1.165, 1.54) is 12.8 Å². The van der Waals surface area contributed by atoms with Crippen molar-refractivity contribution in [3.8, 4) is 5.75 Å². The highest BCUT2D eigenvalue weighted by Crippen LogP contribution is 2.34. The molecular weight excluding hydrogens is 331 g/mol. The molecular formula is C18H20BrFO. The number of rotatable bonds is 3. The summed E-state index contributed by atoms with van der Waals surface area (Å²) in [4.78, 5) is 0. The third-order valence-corrected chi connectivity index (χ3v) is 4.93. The number of hydrogen-bond acceptors (Lipinski definition) is 1. The molecule has 2 aromatic carbocycles. The molecule has 0 heterocycles. The topological polar surface area (TPSA) is 9.23 Å². The fourth-order valence-corrected chi connectivity index (χ4v) is 3.50. The van der Waals surface area contributed by atoms with Crippen molar-refractivity contribution in [1.82, 2.24) is 0 Å². The van der Waals surface area contributed by atoms with Gasteiger partial charge in [-0.1, -0.05) is 35.0 Å². The summed E-state index contributed by atoms with van der Waals surface area (Å²) >= 11 is 3.46. The average Bonchev–Trinajstić information content (AvgIpc) is 2.49. The zero-order valence-corrected chi connectivity index (χ0v) is 13.8. The molecule has 2 aromatic rings. The summed E-state index contributed by atoms with van der Waals surface area (Å²) in [5.74, 6) is 1.51. The summed E-state index contributed by atoms with van der Waals surface area (Å²) in [7, 11) is 0. The van der Waals surface area contributed by atoms with Crippen molar-refractivity contribution in [2.24, 2.45) is 5.92 Å². The van der Waals surface area contributed by atoms with Gasteiger partial charge in [0.2, 0.25) is 0 Å². The number of hydrogen-bond donors (Lipinski definition) is 0. The van der Waals surface area contributed by atoms with Crippen molar-refractivity contribution in [2.75, 3.05) is 0 Å². The highest BCUT2D eigenvalue weighted by atomic mass is 79.9. The first-order valence-electron chi connectivity index (χ1n) is 7.61. The van der Waals surface area contributed by atoms with Gasteiger partial charge in [0, 0.05) is 10.0 Å². The minimum atomic E-state index is -0.489. The van der Waals surface area contributed by atoms with Crippen LogP contribution in [0.2, 0.25) is 0 Å². The van der Waals surface area contributed by atoms with E-state index in [4.69, 9.17) is 4.74 Å². The first-order chi connectivity index (χ1) is 10.2. The van der Waals surface area contributed by atoms with Gasteiger partial charge in [-0.15, -0.1) is 0 Å². The van der Waals surface area contributed by atoms with E-state index in [0.717, 1.165) is 34.0 Å². The Bertz CT molecular complexity index is 632. The lowest BCUT2D eigenvalue weighted by Gasteiger charge is -2.27. The van der Waals surface area contributed by atoms with E-state index in [9.17, 15) is 4.39 Å². The molecule has 0 atom stereocenters. The van der Waals surface area contributed by atoms with Gasteiger partial charge in [0.15, 0.2) is 0 Å². The average molecular weight is 351 g/mol. The Balaban J connectivity index is 1.89. The zero-order valence-electron chi connectivity index (χ0n) is 12.2. The summed E-state index contributed by atoms with van der Waals surface area (Å²) in [6, 6.07) is 9.86. The van der Waals surface area contributed by atoms with Gasteiger partial charge in [0.25, 0.3) is 0 Å². The number of ether oxygens (including phenoxy) is 1. The van der Waals surface area contributed by atoms with E-state index in [2.05, 4.69) is 22.9 Å². The fourth-order valence-electron chi connectivity index (χ4n) is 3.12. The molecule has 1 fully saturated rings. The van der Waals surface area contributed by atoms with Crippen molar-refractivity contribution in [2.45, 2.75) is 45.4 Å². The van der Waals surface area contributed by atoms with E-state index in [0.29, 0.717) is 11.3 Å². The second kappa shape index (κ2) is 6.35. The molecule has 1 aliphatic carbocycles. The van der Waals surface area contributed by atoms with Gasteiger partial charge in [-0.05, 0) is 60.6 Å². The van der Waals surface area contributed by atoms with Crippen molar-refractivity contribution >= 4 is 26.7 Å². The normalized spacial score (nSPS) is 22.4. The van der Waals surface area contributed by atoms with Gasteiger partial charge in [-0.25, -0.2) is 4.39 Å². The summed E-state index contributed by atoms with van der Waals surface area (Å²) in [6.45, 7) is 1.80. The van der Waals surface area contributed by atoms with Crippen LogP contribution in [0, 0.1) is 5.92 Å². The molecule has 3 heteroatoms. The lowest BCUT2D eigenvalue weighted by Crippen LogP contribution is -2.23. The summed E-state index contributed by atoms with van der Waals surface area (Å²) < 4.78 is 20.7. The van der Waals surface area contributed by atoms with Crippen LogP contribution in [0.15, 0.2) is 34.8 Å². The third-order valence-electron chi connectivity index (χ3n) is 4.44. The molecule has 0 spiro atoms. The molecule has 0 amide bonds. The minimum absolute atomic E-state index is 0.236. The number of alkyl halides is 1. The van der Waals surface area contributed by atoms with Gasteiger partial charge < -0.3 is 4.74 Å². The SMILES string of the molecule is C[C@H]1CC[C@@H](Oc2ccc3cc(Br)ccc3c2CF)CC1. The van der Waals surface area contributed by atoms with E-state index < -0.39 is 6.67 Å². The maximum atomic E-state index is 13.5. The first kappa shape index (κ1) is 14.8. The van der Waals surface area contributed by atoms with Crippen LogP contribution in [-0.4, -0.2) is 6.10 Å². The van der Waals surface area contributed by atoms with Crippen LogP contribution in [0.1, 0.15) is 38.2 Å². The monoisotopic (exact) mass is 350 g/mol. The Kier molecular flexibility index (Phi) is 4.48. The van der Waals surface area contributed by atoms with Gasteiger partial charge >= 0.3 is 0 Å². The molecule has 0 bridgehead atoms. The van der Waals surface area contributed by atoms with Crippen molar-refractivity contribution < 1.29 is 9.13 Å². The largest absolute Gasteiger partial charge is 0.490 e. The predicted molar refractivity (Wildman–Crippen MR) is 88.5 cm³/mol. The van der Waals surface area contributed by atoms with Crippen molar-refractivity contribution in [3.05, 3.63) is 40.4 Å². The predicted octanol–water partition coefficient (Wildman–Crippen LogP) is 6.03. The molecule has 21 heavy (non-hydrogen) atoms. The van der Waals surface area contributed by atoms with Crippen LogP contribution in [0.25, 0.3) is 10.8 Å². The van der Waals surface area contributed by atoms with Crippen molar-refractivity contribution in [3.63, 3.8) is 0 Å². The first-order valence-corrected chi connectivity index (χ1v) is 8.40. The lowest BCUT2D eigenvalue weighted by molar-refractivity contribution is 0.133. The quantitative estimate of drug-likeness (QED) is 0.656. The number of fused-ring (bicyclic) bond motifs is 1. The van der Waals surface area contributed by atoms with Crippen molar-refractivity contribution in [1.29, 1.82) is 0 Å². The van der Waals surface area contributed by atoms with Gasteiger partial charge in [0.05, 0.1) is 6.10 Å². The third kappa shape index (κ3) is 3.23. The van der Waals surface area contributed by atoms with Gasteiger partial charge in [0.1, 0.15) is 12.4 Å². The Morgan fingerprint density at radius 3 is 2.62 bits per heavy atom. The molecule has 0 aliphatic heterocycles. The van der Waals surface area contributed by atoms with Crippen LogP contribution in [0.5, 0.6) is 5.75 Å². The van der Waals surface area contributed by atoms with Crippen LogP contribution in [0.4, 0.5) is 4.39 Å². The zero-order chi connectivity index (χ0) is 14.8. The van der Waals surface area contributed by atoms with Crippen LogP contribution in [0.3, 0.4) is 0 Å². The molecule has 0 radical (unpaired) electrons. The lowest BCUT2D eigenvalue weighted by atomic mass is 9.89. The van der Waals surface area contributed by atoms with E-state index in [1.807, 2.05) is 30.3 Å². The van der Waals surface area contributed by atoms with E-state index in [1.54, 1.807) is 0 Å². The van der Waals surface area contributed by atoms with E-state index >= 15 is 0 Å². The highest BCUT2D eigenvalue weighted by Gasteiger charge is 2.21. The molecule has 1 aliphatic rings. The number of benzene rings is 2. The Morgan fingerprint density at radius 2 is 1.90 bits per heavy atom. The Labute approximate surface area is 133 Å². The fraction of sp³-hybridized carbons (Fsp3) is 0.444.